The average molecular weight is 569 g/mol. The second kappa shape index (κ2) is 19.7. The lowest BCUT2D eigenvalue weighted by Gasteiger charge is -2.13. The maximum atomic E-state index is 11.1. The van der Waals surface area contributed by atoms with Gasteiger partial charge in [0, 0.05) is 25.3 Å². The molecule has 2 N–H and O–H groups in total. The molecule has 0 aliphatic carbocycles. The molecule has 0 saturated carbocycles. The van der Waals surface area contributed by atoms with Crippen molar-refractivity contribution in [1.29, 1.82) is 0 Å². The van der Waals surface area contributed by atoms with E-state index in [-0.39, 0.29) is 31.2 Å². The third kappa shape index (κ3) is 12.7. The Hall–Kier alpha value is -3.26. The van der Waals surface area contributed by atoms with Gasteiger partial charge in [0.15, 0.2) is 12.6 Å². The first kappa shape index (κ1) is 34.8. The predicted molar refractivity (Wildman–Crippen MR) is 143 cm³/mol. The van der Waals surface area contributed by atoms with Gasteiger partial charge in [0.05, 0.1) is 66.7 Å². The van der Waals surface area contributed by atoms with E-state index in [9.17, 15) is 9.59 Å². The molecule has 1 fully saturated rings. The fourth-order valence-corrected chi connectivity index (χ4v) is 3.23. The zero-order valence-electron chi connectivity index (χ0n) is 23.7. The molecular weight excluding hydrogens is 528 g/mol. The van der Waals surface area contributed by atoms with Gasteiger partial charge in [-0.25, -0.2) is 0 Å². The summed E-state index contributed by atoms with van der Waals surface area (Å²) in [6, 6.07) is 15.0. The van der Waals surface area contributed by atoms with Crippen LogP contribution < -0.4 is 9.47 Å². The van der Waals surface area contributed by atoms with Gasteiger partial charge in [-0.3, -0.25) is 9.59 Å². The third-order valence-corrected chi connectivity index (χ3v) is 5.42. The molecule has 12 heteroatoms. The Morgan fingerprint density at radius 2 is 1.38 bits per heavy atom. The number of ether oxygens (including phenoxy) is 8. The van der Waals surface area contributed by atoms with E-state index in [2.05, 4.69) is 9.47 Å². The topological polar surface area (TPSA) is 148 Å². The molecule has 3 atom stereocenters. The van der Waals surface area contributed by atoms with Crippen LogP contribution in [0.1, 0.15) is 36.5 Å². The summed E-state index contributed by atoms with van der Waals surface area (Å²) in [6.07, 6.45) is -1.89. The van der Waals surface area contributed by atoms with Gasteiger partial charge >= 0.3 is 11.9 Å². The minimum Gasteiger partial charge on any atom is -0.497 e. The molecule has 0 radical (unpaired) electrons. The Balaban J connectivity index is 0.000000321. The largest absolute Gasteiger partial charge is 0.497 e. The molecule has 2 aromatic rings. The highest BCUT2D eigenvalue weighted by Crippen LogP contribution is 2.29. The summed E-state index contributed by atoms with van der Waals surface area (Å²) in [5.41, 5.74) is 1.88. The molecule has 224 valence electrons. The molecule has 1 heterocycles. The fourth-order valence-electron chi connectivity index (χ4n) is 3.23. The zero-order chi connectivity index (χ0) is 29.9. The second-order valence-electron chi connectivity index (χ2n) is 8.17. The van der Waals surface area contributed by atoms with Crippen molar-refractivity contribution in [2.75, 3.05) is 55.9 Å². The number of esters is 2. The van der Waals surface area contributed by atoms with Gasteiger partial charge in [0.2, 0.25) is 0 Å². The molecule has 0 aromatic heterocycles. The van der Waals surface area contributed by atoms with E-state index < -0.39 is 25.0 Å². The van der Waals surface area contributed by atoms with E-state index in [0.717, 1.165) is 22.6 Å². The van der Waals surface area contributed by atoms with Crippen LogP contribution in [0.25, 0.3) is 0 Å². The molecule has 1 aliphatic heterocycles. The quantitative estimate of drug-likeness (QED) is 0.303. The Bertz CT molecular complexity index is 960. The van der Waals surface area contributed by atoms with Crippen LogP contribution >= 0.6 is 0 Å². The first-order valence-electron chi connectivity index (χ1n) is 12.3. The van der Waals surface area contributed by atoms with Crippen molar-refractivity contribution in [3.63, 3.8) is 0 Å². The molecule has 0 spiro atoms. The smallest absolute Gasteiger partial charge is 0.308 e. The minimum atomic E-state index is -0.988. The van der Waals surface area contributed by atoms with E-state index in [4.69, 9.17) is 38.6 Å². The summed E-state index contributed by atoms with van der Waals surface area (Å²) in [5, 5.41) is 16.8. The number of aliphatic hydroxyl groups is 2. The van der Waals surface area contributed by atoms with Crippen molar-refractivity contribution in [2.45, 2.75) is 37.6 Å². The van der Waals surface area contributed by atoms with Crippen LogP contribution in [-0.2, 0) is 38.0 Å². The van der Waals surface area contributed by atoms with Crippen molar-refractivity contribution in [3.05, 3.63) is 59.7 Å². The van der Waals surface area contributed by atoms with E-state index >= 15 is 0 Å². The number of rotatable bonds is 11. The molecule has 12 nitrogen and oxygen atoms in total. The number of hydrogen-bond donors (Lipinski definition) is 2. The fraction of sp³-hybridized carbons (Fsp3) is 0.500. The van der Waals surface area contributed by atoms with Crippen LogP contribution in [0.2, 0.25) is 0 Å². The number of carbonyl (C=O) groups is 2. The van der Waals surface area contributed by atoms with Crippen LogP contribution in [0.4, 0.5) is 0 Å². The molecule has 40 heavy (non-hydrogen) atoms. The van der Waals surface area contributed by atoms with E-state index in [1.165, 1.54) is 14.2 Å². The Morgan fingerprint density at radius 3 is 1.82 bits per heavy atom. The van der Waals surface area contributed by atoms with Crippen molar-refractivity contribution >= 4 is 11.9 Å². The molecule has 1 saturated heterocycles. The Labute approximate surface area is 234 Å². The first-order valence-corrected chi connectivity index (χ1v) is 12.3. The van der Waals surface area contributed by atoms with E-state index in [1.54, 1.807) is 28.4 Å². The van der Waals surface area contributed by atoms with Crippen LogP contribution in [-0.4, -0.2) is 90.2 Å². The lowest BCUT2D eigenvalue weighted by molar-refractivity contribution is -0.144. The number of aliphatic hydroxyl groups excluding tert-OH is 2. The van der Waals surface area contributed by atoms with E-state index in [1.807, 2.05) is 48.5 Å². The standard InChI is InChI=1S/C13H16O5.C10H14O3.C5H10O4/c1-15-10-5-3-9(4-6-10)13-17-8-11(18-13)7-12(14)16-2;1-11-9-6-4-8(5-7-9)10(12-2)13-3;1-9-5(8)2-4(7)3-6/h3-6,11,13H,7-8H2,1-2H3;4-7,10H,1-3H3;4,6-7H,2-3H2,1H3/t11-,13?;;4-/m0.0/s1. The maximum absolute atomic E-state index is 11.1. The maximum Gasteiger partial charge on any atom is 0.308 e. The van der Waals surface area contributed by atoms with Crippen molar-refractivity contribution in [1.82, 2.24) is 0 Å². The highest BCUT2D eigenvalue weighted by Gasteiger charge is 2.29. The SMILES string of the molecule is COC(=O)C[C@H](O)CO.COC(=O)C[C@H]1COC(c2ccc(OC)cc2)O1.COc1ccc(C(OC)OC)cc1. The number of hydrogen-bond acceptors (Lipinski definition) is 12. The minimum absolute atomic E-state index is 0.146. The summed E-state index contributed by atoms with van der Waals surface area (Å²) in [5.74, 6) is 0.799. The Morgan fingerprint density at radius 1 is 0.850 bits per heavy atom. The summed E-state index contributed by atoms with van der Waals surface area (Å²) in [7, 11) is 9.06. The number of carbonyl (C=O) groups excluding carboxylic acids is 2. The normalized spacial score (nSPS) is 16.5. The number of methoxy groups -OCH3 is 6. The van der Waals surface area contributed by atoms with Crippen molar-refractivity contribution in [2.24, 2.45) is 0 Å². The highest BCUT2D eigenvalue weighted by atomic mass is 16.7. The molecule has 2 aromatic carbocycles. The van der Waals surface area contributed by atoms with Gasteiger partial charge in [-0.15, -0.1) is 0 Å². The average Bonchev–Trinajstić information content (AvgIpc) is 3.46. The molecule has 1 aliphatic rings. The zero-order valence-corrected chi connectivity index (χ0v) is 23.7. The molecular formula is C28H40O12. The predicted octanol–water partition coefficient (Wildman–Crippen LogP) is 2.56. The van der Waals surface area contributed by atoms with Gasteiger partial charge < -0.3 is 48.1 Å². The van der Waals surface area contributed by atoms with Gasteiger partial charge in [-0.2, -0.15) is 0 Å². The summed E-state index contributed by atoms with van der Waals surface area (Å²) in [4.78, 5) is 21.4. The highest BCUT2D eigenvalue weighted by molar-refractivity contribution is 5.70. The van der Waals surface area contributed by atoms with E-state index in [0.29, 0.717) is 6.61 Å². The van der Waals surface area contributed by atoms with Crippen molar-refractivity contribution < 1.29 is 57.7 Å². The summed E-state index contributed by atoms with van der Waals surface area (Å²) < 4.78 is 40.2. The second-order valence-corrected chi connectivity index (χ2v) is 8.17. The van der Waals surface area contributed by atoms with Crippen molar-refractivity contribution in [3.8, 4) is 11.5 Å². The summed E-state index contributed by atoms with van der Waals surface area (Å²) in [6.45, 7) is -0.0130. The number of benzene rings is 2. The molecule has 1 unspecified atom stereocenters. The van der Waals surface area contributed by atoms with Crippen LogP contribution in [0.15, 0.2) is 48.5 Å². The molecule has 0 amide bonds. The first-order chi connectivity index (χ1) is 19.2. The third-order valence-electron chi connectivity index (χ3n) is 5.42. The van der Waals surface area contributed by atoms with Crippen LogP contribution in [0, 0.1) is 0 Å². The lowest BCUT2D eigenvalue weighted by Crippen LogP contribution is -2.17. The molecule has 3 rings (SSSR count). The monoisotopic (exact) mass is 568 g/mol. The van der Waals surface area contributed by atoms with Crippen LogP contribution in [0.3, 0.4) is 0 Å². The van der Waals surface area contributed by atoms with Crippen LogP contribution in [0.5, 0.6) is 11.5 Å². The van der Waals surface area contributed by atoms with Gasteiger partial charge in [0.25, 0.3) is 0 Å². The Kier molecular flexibility index (Phi) is 17.2. The summed E-state index contributed by atoms with van der Waals surface area (Å²) >= 11 is 0. The lowest BCUT2D eigenvalue weighted by atomic mass is 10.2. The van der Waals surface area contributed by atoms with Gasteiger partial charge in [0.1, 0.15) is 11.5 Å². The van der Waals surface area contributed by atoms with Gasteiger partial charge in [-0.05, 0) is 24.3 Å². The molecule has 0 bridgehead atoms. The van der Waals surface area contributed by atoms with Gasteiger partial charge in [-0.1, -0.05) is 24.3 Å².